The van der Waals surface area contributed by atoms with E-state index in [0.29, 0.717) is 52.4 Å². The molecule has 0 unspecified atom stereocenters. The van der Waals surface area contributed by atoms with Crippen LogP contribution in [0.4, 0.5) is 0 Å². The fourth-order valence-electron chi connectivity index (χ4n) is 6.67. The summed E-state index contributed by atoms with van der Waals surface area (Å²) in [5.41, 5.74) is 1.54. The van der Waals surface area contributed by atoms with Crippen molar-refractivity contribution in [3.05, 3.63) is 69.2 Å². The quantitative estimate of drug-likeness (QED) is 0.327. The van der Waals surface area contributed by atoms with E-state index in [-0.39, 0.29) is 29.4 Å². The van der Waals surface area contributed by atoms with Crippen LogP contribution in [-0.4, -0.2) is 32.4 Å². The van der Waals surface area contributed by atoms with Gasteiger partial charge in [-0.25, -0.2) is 4.79 Å². The molecule has 3 aromatic rings. The number of ether oxygens (including phenoxy) is 1. The molecule has 2 aromatic heterocycles. The van der Waals surface area contributed by atoms with Crippen molar-refractivity contribution in [2.45, 2.75) is 69.7 Å². The molecule has 7 nitrogen and oxygen atoms in total. The Morgan fingerprint density at radius 3 is 2.66 bits per heavy atom. The van der Waals surface area contributed by atoms with Gasteiger partial charge in [-0.15, -0.1) is 0 Å². The van der Waals surface area contributed by atoms with Gasteiger partial charge < -0.3 is 19.5 Å². The molecular weight excluding hydrogens is 527 g/mol. The molecule has 0 saturated heterocycles. The van der Waals surface area contributed by atoms with E-state index in [1.54, 1.807) is 18.2 Å². The van der Waals surface area contributed by atoms with Gasteiger partial charge in [0.2, 0.25) is 0 Å². The van der Waals surface area contributed by atoms with Gasteiger partial charge >= 0.3 is 5.97 Å². The lowest BCUT2D eigenvalue weighted by atomic mass is 9.65. The molecule has 2 bridgehead atoms. The van der Waals surface area contributed by atoms with Crippen LogP contribution >= 0.6 is 23.2 Å². The molecule has 1 aromatic carbocycles. The number of hydrogen-bond donors (Lipinski definition) is 2. The second kappa shape index (κ2) is 9.94. The third-order valence-electron chi connectivity index (χ3n) is 8.60. The molecule has 2 N–H and O–H groups in total. The number of aromatic nitrogens is 2. The minimum atomic E-state index is -1.20. The monoisotopic (exact) mass is 556 g/mol. The van der Waals surface area contributed by atoms with E-state index in [9.17, 15) is 15.0 Å². The molecule has 0 spiro atoms. The van der Waals surface area contributed by atoms with Crippen molar-refractivity contribution in [3.63, 3.8) is 0 Å². The zero-order chi connectivity index (χ0) is 26.6. The summed E-state index contributed by atoms with van der Waals surface area (Å²) < 4.78 is 12.4. The highest BCUT2D eigenvalue weighted by Crippen LogP contribution is 2.53. The summed E-state index contributed by atoms with van der Waals surface area (Å²) in [6.07, 6.45) is 6.50. The Morgan fingerprint density at radius 2 is 1.95 bits per heavy atom. The van der Waals surface area contributed by atoms with Crippen LogP contribution in [0.15, 0.2) is 41.1 Å². The highest BCUT2D eigenvalue weighted by atomic mass is 35.5. The summed E-state index contributed by atoms with van der Waals surface area (Å²) in [5.74, 6) is 0.520. The predicted molar refractivity (Wildman–Crippen MR) is 142 cm³/mol. The lowest BCUT2D eigenvalue weighted by molar-refractivity contribution is -0.0943. The number of hydrogen-bond acceptors (Lipinski definition) is 6. The van der Waals surface area contributed by atoms with Gasteiger partial charge in [0.25, 0.3) is 0 Å². The number of benzene rings is 1. The van der Waals surface area contributed by atoms with Crippen LogP contribution in [0.1, 0.15) is 78.7 Å². The summed E-state index contributed by atoms with van der Waals surface area (Å²) in [4.78, 5) is 16.0. The standard InChI is InChI=1S/C29H30Cl2N2O5/c1-15-9-16-10-19(12-21(15)29(36,13-16)24-11-18(28(34)35)7-8-32-24)37-14-20-26(33-38-27(20)17-5-6-17)25-22(30)3-2-4-23(25)31/h2-4,7-8,11,15-17,19,21,36H,5-6,9-10,12-14H2,1H3,(H,34,35)/t15-,16+,19+,21+,29-/m0/s1. The first kappa shape index (κ1) is 25.8. The van der Waals surface area contributed by atoms with E-state index >= 15 is 0 Å². The Bertz CT molecular complexity index is 1350. The molecule has 0 amide bonds. The molecule has 4 saturated carbocycles. The number of pyridine rings is 1. The van der Waals surface area contributed by atoms with Crippen molar-refractivity contribution in [3.8, 4) is 11.3 Å². The summed E-state index contributed by atoms with van der Waals surface area (Å²) in [6, 6.07) is 8.36. The number of aliphatic hydroxyl groups is 1. The first-order chi connectivity index (χ1) is 18.2. The largest absolute Gasteiger partial charge is 0.478 e. The van der Waals surface area contributed by atoms with Gasteiger partial charge in [-0.2, -0.15) is 0 Å². The van der Waals surface area contributed by atoms with E-state index in [1.807, 2.05) is 0 Å². The Kier molecular flexibility index (Phi) is 6.75. The van der Waals surface area contributed by atoms with Crippen molar-refractivity contribution >= 4 is 29.2 Å². The maximum absolute atomic E-state index is 12.0. The Labute approximate surface area is 231 Å². The Balaban J connectivity index is 1.27. The fourth-order valence-corrected chi connectivity index (χ4v) is 7.25. The SMILES string of the molecule is C[C@H]1C[C@@H]2C[C@@H](OCc3c(-c4c(Cl)cccc4Cl)noc3C3CC3)C[C@H]1[C@](O)(c1cc(C(=O)O)ccn1)C2. The van der Waals surface area contributed by atoms with Crippen molar-refractivity contribution < 1.29 is 24.3 Å². The van der Waals surface area contributed by atoms with Gasteiger partial charge in [-0.1, -0.05) is 41.3 Å². The maximum atomic E-state index is 12.0. The zero-order valence-corrected chi connectivity index (χ0v) is 22.6. The normalized spacial score (nSPS) is 28.8. The molecule has 4 fully saturated rings. The van der Waals surface area contributed by atoms with Crippen molar-refractivity contribution in [1.82, 2.24) is 10.1 Å². The predicted octanol–water partition coefficient (Wildman–Crippen LogP) is 6.85. The van der Waals surface area contributed by atoms with E-state index in [0.717, 1.165) is 37.0 Å². The van der Waals surface area contributed by atoms with Crippen LogP contribution < -0.4 is 0 Å². The first-order valence-electron chi connectivity index (χ1n) is 13.2. The summed E-state index contributed by atoms with van der Waals surface area (Å²) in [5, 5.41) is 26.8. The number of rotatable bonds is 7. The number of aromatic carboxylic acids is 1. The van der Waals surface area contributed by atoms with Crippen molar-refractivity contribution in [2.75, 3.05) is 0 Å². The second-order valence-corrected chi connectivity index (χ2v) is 12.0. The van der Waals surface area contributed by atoms with Gasteiger partial charge in [0.1, 0.15) is 17.1 Å². The van der Waals surface area contributed by atoms with Gasteiger partial charge in [0.05, 0.1) is 34.0 Å². The number of fused-ring (bicyclic) bond motifs is 4. The van der Waals surface area contributed by atoms with Gasteiger partial charge in [-0.05, 0) is 80.5 Å². The molecule has 200 valence electrons. The molecule has 5 atom stereocenters. The summed E-state index contributed by atoms with van der Waals surface area (Å²) >= 11 is 13.0. The lowest BCUT2D eigenvalue weighted by Gasteiger charge is -2.44. The van der Waals surface area contributed by atoms with Gasteiger partial charge in [0.15, 0.2) is 0 Å². The molecule has 4 aliphatic carbocycles. The number of nitrogens with zero attached hydrogens (tertiary/aromatic N) is 2. The average Bonchev–Trinajstić information content (AvgIpc) is 3.68. The van der Waals surface area contributed by atoms with Crippen LogP contribution in [0.2, 0.25) is 10.0 Å². The molecule has 0 aliphatic heterocycles. The van der Waals surface area contributed by atoms with Crippen LogP contribution in [0.5, 0.6) is 0 Å². The third-order valence-corrected chi connectivity index (χ3v) is 9.23. The Morgan fingerprint density at radius 1 is 1.18 bits per heavy atom. The van der Waals surface area contributed by atoms with Crippen molar-refractivity contribution in [2.24, 2.45) is 17.8 Å². The zero-order valence-electron chi connectivity index (χ0n) is 21.1. The van der Waals surface area contributed by atoms with Crippen LogP contribution in [-0.2, 0) is 16.9 Å². The van der Waals surface area contributed by atoms with Crippen LogP contribution in [0, 0.1) is 17.8 Å². The van der Waals surface area contributed by atoms with E-state index in [4.69, 9.17) is 32.5 Å². The number of carbonyl (C=O) groups is 1. The first-order valence-corrected chi connectivity index (χ1v) is 14.0. The molecule has 4 aliphatic rings. The van der Waals surface area contributed by atoms with E-state index in [1.165, 1.54) is 18.3 Å². The fraction of sp³-hybridized carbons (Fsp3) is 0.483. The van der Waals surface area contributed by atoms with Gasteiger partial charge in [-0.3, -0.25) is 4.98 Å². The molecule has 2 heterocycles. The third kappa shape index (κ3) is 4.64. The number of carboxylic acid groups (broad SMARTS) is 1. The van der Waals surface area contributed by atoms with E-state index in [2.05, 4.69) is 17.1 Å². The highest BCUT2D eigenvalue weighted by molar-refractivity contribution is 6.39. The summed E-state index contributed by atoms with van der Waals surface area (Å²) in [6.45, 7) is 2.48. The highest BCUT2D eigenvalue weighted by Gasteiger charge is 2.52. The minimum Gasteiger partial charge on any atom is -0.478 e. The molecule has 7 rings (SSSR count). The van der Waals surface area contributed by atoms with Gasteiger partial charge in [0, 0.05) is 23.2 Å². The van der Waals surface area contributed by atoms with Crippen LogP contribution in [0.3, 0.4) is 0 Å². The minimum absolute atomic E-state index is 0.0804. The second-order valence-electron chi connectivity index (χ2n) is 11.2. The lowest BCUT2D eigenvalue weighted by Crippen LogP contribution is -2.44. The molecule has 38 heavy (non-hydrogen) atoms. The van der Waals surface area contributed by atoms with Crippen molar-refractivity contribution in [1.29, 1.82) is 0 Å². The number of carboxylic acids is 1. The maximum Gasteiger partial charge on any atom is 0.335 e. The van der Waals surface area contributed by atoms with Crippen LogP contribution in [0.25, 0.3) is 11.3 Å². The van der Waals surface area contributed by atoms with E-state index < -0.39 is 11.6 Å². The smallest absolute Gasteiger partial charge is 0.335 e. The number of halogens is 2. The topological polar surface area (TPSA) is 106 Å². The average molecular weight is 557 g/mol. The summed E-state index contributed by atoms with van der Waals surface area (Å²) in [7, 11) is 0. The Hall–Kier alpha value is -2.45. The molecular formula is C29H30Cl2N2O5. The molecule has 9 heteroatoms. The molecule has 0 radical (unpaired) electrons.